The van der Waals surface area contributed by atoms with Crippen molar-refractivity contribution in [3.8, 4) is 0 Å². The van der Waals surface area contributed by atoms with Crippen molar-refractivity contribution in [2.45, 2.75) is 6.92 Å². The van der Waals surface area contributed by atoms with Crippen LogP contribution in [0.25, 0.3) is 0 Å². The maximum Gasteiger partial charge on any atom is 0.319 e. The van der Waals surface area contributed by atoms with Crippen LogP contribution in [0.1, 0.15) is 17.3 Å². The molecule has 7 nitrogen and oxygen atoms in total. The molecular formula is C13H18N4O3. The highest BCUT2D eigenvalue weighted by Gasteiger charge is 2.06. The zero-order chi connectivity index (χ0) is 15.0. The van der Waals surface area contributed by atoms with E-state index in [2.05, 4.69) is 21.3 Å². The number of urea groups is 1. The average Bonchev–Trinajstić information content (AvgIpc) is 2.45. The van der Waals surface area contributed by atoms with Crippen molar-refractivity contribution in [1.29, 1.82) is 0 Å². The van der Waals surface area contributed by atoms with Crippen LogP contribution in [0.3, 0.4) is 0 Å². The summed E-state index contributed by atoms with van der Waals surface area (Å²) in [5.74, 6) is -0.449. The van der Waals surface area contributed by atoms with Crippen molar-refractivity contribution < 1.29 is 14.4 Å². The largest absolute Gasteiger partial charge is 0.358 e. The predicted molar refractivity (Wildman–Crippen MR) is 75.5 cm³/mol. The maximum atomic E-state index is 11.5. The van der Waals surface area contributed by atoms with Crippen LogP contribution in [-0.2, 0) is 4.79 Å². The fraction of sp³-hybridized carbons (Fsp3) is 0.308. The van der Waals surface area contributed by atoms with Gasteiger partial charge in [-0.15, -0.1) is 0 Å². The summed E-state index contributed by atoms with van der Waals surface area (Å²) in [6.45, 7) is 2.30. The Morgan fingerprint density at radius 1 is 1.05 bits per heavy atom. The molecule has 0 aromatic heterocycles. The monoisotopic (exact) mass is 278 g/mol. The molecule has 108 valence electrons. The van der Waals surface area contributed by atoms with E-state index < -0.39 is 6.03 Å². The number of carbonyl (C=O) groups is 3. The summed E-state index contributed by atoms with van der Waals surface area (Å²) in [5.41, 5.74) is 1.05. The molecule has 0 saturated carbocycles. The molecule has 0 bridgehead atoms. The van der Waals surface area contributed by atoms with Gasteiger partial charge >= 0.3 is 6.03 Å². The van der Waals surface area contributed by atoms with E-state index in [1.54, 1.807) is 24.3 Å². The summed E-state index contributed by atoms with van der Waals surface area (Å²) >= 11 is 0. The van der Waals surface area contributed by atoms with E-state index in [1.807, 2.05) is 6.92 Å². The van der Waals surface area contributed by atoms with Gasteiger partial charge in [0.2, 0.25) is 5.91 Å². The van der Waals surface area contributed by atoms with E-state index in [9.17, 15) is 14.4 Å². The third-order valence-electron chi connectivity index (χ3n) is 2.43. The Hall–Kier alpha value is -2.57. The van der Waals surface area contributed by atoms with Gasteiger partial charge in [0.15, 0.2) is 0 Å². The molecule has 0 aliphatic carbocycles. The molecular weight excluding hydrogens is 260 g/mol. The first-order valence-electron chi connectivity index (χ1n) is 6.20. The van der Waals surface area contributed by atoms with Crippen molar-refractivity contribution in [2.24, 2.45) is 0 Å². The highest BCUT2D eigenvalue weighted by atomic mass is 16.2. The fourth-order valence-corrected chi connectivity index (χ4v) is 1.39. The second kappa shape index (κ2) is 7.78. The summed E-state index contributed by atoms with van der Waals surface area (Å²) < 4.78 is 0. The topological polar surface area (TPSA) is 99.3 Å². The first kappa shape index (κ1) is 15.5. The molecule has 7 heteroatoms. The molecule has 0 radical (unpaired) electrons. The van der Waals surface area contributed by atoms with E-state index in [4.69, 9.17) is 0 Å². The van der Waals surface area contributed by atoms with Crippen molar-refractivity contribution >= 4 is 23.5 Å². The minimum Gasteiger partial charge on any atom is -0.358 e. The van der Waals surface area contributed by atoms with Crippen molar-refractivity contribution in [2.75, 3.05) is 25.5 Å². The van der Waals surface area contributed by atoms with E-state index >= 15 is 0 Å². The van der Waals surface area contributed by atoms with E-state index in [-0.39, 0.29) is 18.4 Å². The van der Waals surface area contributed by atoms with Gasteiger partial charge in [-0.3, -0.25) is 9.59 Å². The molecule has 0 heterocycles. The van der Waals surface area contributed by atoms with Gasteiger partial charge < -0.3 is 21.3 Å². The number of likely N-dealkylation sites (N-methyl/N-ethyl adjacent to an activating group) is 1. The van der Waals surface area contributed by atoms with Crippen LogP contribution in [0.2, 0.25) is 0 Å². The third-order valence-corrected chi connectivity index (χ3v) is 2.43. The van der Waals surface area contributed by atoms with Gasteiger partial charge in [-0.05, 0) is 31.2 Å². The smallest absolute Gasteiger partial charge is 0.319 e. The minimum atomic E-state index is -0.487. The summed E-state index contributed by atoms with van der Waals surface area (Å²) in [7, 11) is 1.49. The van der Waals surface area contributed by atoms with Gasteiger partial charge in [-0.25, -0.2) is 4.79 Å². The highest BCUT2D eigenvalue weighted by Crippen LogP contribution is 2.09. The Morgan fingerprint density at radius 3 is 2.25 bits per heavy atom. The zero-order valence-corrected chi connectivity index (χ0v) is 11.4. The summed E-state index contributed by atoms with van der Waals surface area (Å²) in [5, 5.41) is 10.0. The molecule has 20 heavy (non-hydrogen) atoms. The number of nitrogens with one attached hydrogen (secondary N) is 4. The SMILES string of the molecule is CCNC(=O)c1ccc(NC(=O)NCC(=O)NC)cc1. The molecule has 0 spiro atoms. The zero-order valence-electron chi connectivity index (χ0n) is 11.4. The van der Waals surface area contributed by atoms with Crippen LogP contribution in [-0.4, -0.2) is 38.0 Å². The van der Waals surface area contributed by atoms with E-state index in [1.165, 1.54) is 7.05 Å². The van der Waals surface area contributed by atoms with Crippen molar-refractivity contribution in [3.63, 3.8) is 0 Å². The average molecular weight is 278 g/mol. The first-order valence-corrected chi connectivity index (χ1v) is 6.20. The normalized spacial score (nSPS) is 9.50. The minimum absolute atomic E-state index is 0.0979. The molecule has 0 saturated heterocycles. The molecule has 0 aliphatic heterocycles. The standard InChI is InChI=1S/C13H18N4O3/c1-3-15-12(19)9-4-6-10(7-5-9)17-13(20)16-8-11(18)14-2/h4-7H,3,8H2,1-2H3,(H,14,18)(H,15,19)(H2,16,17,20). The number of benzene rings is 1. The lowest BCUT2D eigenvalue weighted by Gasteiger charge is -2.08. The second-order valence-electron chi connectivity index (χ2n) is 3.92. The van der Waals surface area contributed by atoms with E-state index in [0.29, 0.717) is 17.8 Å². The number of hydrogen-bond acceptors (Lipinski definition) is 3. The van der Waals surface area contributed by atoms with Crippen LogP contribution in [0.4, 0.5) is 10.5 Å². The maximum absolute atomic E-state index is 11.5. The molecule has 0 unspecified atom stereocenters. The molecule has 0 fully saturated rings. The van der Waals surface area contributed by atoms with Crippen LogP contribution in [0.5, 0.6) is 0 Å². The van der Waals surface area contributed by atoms with Gasteiger partial charge in [0.1, 0.15) is 0 Å². The van der Waals surface area contributed by atoms with Gasteiger partial charge in [0.25, 0.3) is 5.91 Å². The third kappa shape index (κ3) is 4.97. The Balaban J connectivity index is 2.50. The lowest BCUT2D eigenvalue weighted by molar-refractivity contribution is -0.119. The number of carbonyl (C=O) groups excluding carboxylic acids is 3. The second-order valence-corrected chi connectivity index (χ2v) is 3.92. The van der Waals surface area contributed by atoms with Gasteiger partial charge in [0, 0.05) is 24.8 Å². The molecule has 4 amide bonds. The van der Waals surface area contributed by atoms with Crippen LogP contribution < -0.4 is 21.3 Å². The predicted octanol–water partition coefficient (Wildman–Crippen LogP) is 0.304. The summed E-state index contributed by atoms with van der Waals surface area (Å²) in [6.07, 6.45) is 0. The Bertz CT molecular complexity index is 485. The van der Waals surface area contributed by atoms with Gasteiger partial charge in [-0.1, -0.05) is 0 Å². The van der Waals surface area contributed by atoms with Gasteiger partial charge in [0.05, 0.1) is 6.54 Å². The summed E-state index contributed by atoms with van der Waals surface area (Å²) in [6, 6.07) is 5.96. The Morgan fingerprint density at radius 2 is 1.70 bits per heavy atom. The van der Waals surface area contributed by atoms with Crippen LogP contribution in [0.15, 0.2) is 24.3 Å². The van der Waals surface area contributed by atoms with Crippen molar-refractivity contribution in [3.05, 3.63) is 29.8 Å². The highest BCUT2D eigenvalue weighted by molar-refractivity contribution is 5.96. The number of anilines is 1. The van der Waals surface area contributed by atoms with Crippen LogP contribution >= 0.6 is 0 Å². The Kier molecular flexibility index (Phi) is 6.02. The van der Waals surface area contributed by atoms with Crippen LogP contribution in [0, 0.1) is 0 Å². The van der Waals surface area contributed by atoms with Gasteiger partial charge in [-0.2, -0.15) is 0 Å². The molecule has 0 aliphatic rings. The first-order chi connectivity index (χ1) is 9.56. The Labute approximate surface area is 117 Å². The fourth-order valence-electron chi connectivity index (χ4n) is 1.39. The lowest BCUT2D eigenvalue weighted by Crippen LogP contribution is -2.37. The molecule has 1 rings (SSSR count). The summed E-state index contributed by atoms with van der Waals surface area (Å²) in [4.78, 5) is 34.0. The number of hydrogen-bond donors (Lipinski definition) is 4. The molecule has 1 aromatic carbocycles. The van der Waals surface area contributed by atoms with E-state index in [0.717, 1.165) is 0 Å². The lowest BCUT2D eigenvalue weighted by atomic mass is 10.2. The molecule has 4 N–H and O–H groups in total. The molecule has 1 aromatic rings. The molecule has 0 atom stereocenters. The number of rotatable bonds is 5. The number of amides is 4. The van der Waals surface area contributed by atoms with Crippen molar-refractivity contribution in [1.82, 2.24) is 16.0 Å². The quantitative estimate of drug-likeness (QED) is 0.623.